The van der Waals surface area contributed by atoms with Gasteiger partial charge in [-0.15, -0.1) is 0 Å². The first-order chi connectivity index (χ1) is 7.94. The van der Waals surface area contributed by atoms with Crippen LogP contribution in [0.3, 0.4) is 0 Å². The lowest BCUT2D eigenvalue weighted by molar-refractivity contribution is -0.144. The molecule has 0 aromatic rings. The minimum absolute atomic E-state index is 0.274. The molecule has 1 atom stereocenters. The van der Waals surface area contributed by atoms with E-state index in [0.717, 1.165) is 19.6 Å². The van der Waals surface area contributed by atoms with E-state index in [1.165, 1.54) is 12.8 Å². The lowest BCUT2D eigenvalue weighted by Crippen LogP contribution is -2.43. The molecule has 1 rings (SSSR count). The van der Waals surface area contributed by atoms with Crippen molar-refractivity contribution in [3.8, 4) is 0 Å². The van der Waals surface area contributed by atoms with Gasteiger partial charge in [0.15, 0.2) is 0 Å². The van der Waals surface area contributed by atoms with E-state index in [2.05, 4.69) is 18.7 Å². The van der Waals surface area contributed by atoms with Gasteiger partial charge in [0.1, 0.15) is 6.04 Å². The Bertz CT molecular complexity index is 254. The standard InChI is InChI=1S/C13H26N2O2/c1-4-17-12(16)11(14)6-9-15-8-5-7-13(2,3)10-15/h11H,4-10,14H2,1-3H3. The van der Waals surface area contributed by atoms with Crippen molar-refractivity contribution < 1.29 is 9.53 Å². The third-order valence-electron chi connectivity index (χ3n) is 3.33. The Morgan fingerprint density at radius 3 is 2.82 bits per heavy atom. The molecule has 0 radical (unpaired) electrons. The number of hydrogen-bond donors (Lipinski definition) is 1. The molecule has 2 N–H and O–H groups in total. The van der Waals surface area contributed by atoms with E-state index in [1.54, 1.807) is 6.92 Å². The molecule has 1 aliphatic rings. The molecule has 1 unspecified atom stereocenters. The van der Waals surface area contributed by atoms with Crippen LogP contribution in [0.5, 0.6) is 0 Å². The predicted molar refractivity (Wildman–Crippen MR) is 68.7 cm³/mol. The first-order valence-electron chi connectivity index (χ1n) is 6.59. The fourth-order valence-electron chi connectivity index (χ4n) is 2.42. The van der Waals surface area contributed by atoms with Gasteiger partial charge in [0.25, 0.3) is 0 Å². The van der Waals surface area contributed by atoms with Crippen LogP contribution in [0.2, 0.25) is 0 Å². The van der Waals surface area contributed by atoms with Crippen LogP contribution in [0.1, 0.15) is 40.0 Å². The van der Waals surface area contributed by atoms with Crippen molar-refractivity contribution in [1.82, 2.24) is 4.90 Å². The van der Waals surface area contributed by atoms with Crippen molar-refractivity contribution in [3.63, 3.8) is 0 Å². The molecule has 0 bridgehead atoms. The number of piperidine rings is 1. The van der Waals surface area contributed by atoms with E-state index in [-0.39, 0.29) is 5.97 Å². The minimum Gasteiger partial charge on any atom is -0.465 e. The maximum atomic E-state index is 11.4. The summed E-state index contributed by atoms with van der Waals surface area (Å²) in [7, 11) is 0. The molecule has 100 valence electrons. The second-order valence-electron chi connectivity index (χ2n) is 5.69. The lowest BCUT2D eigenvalue weighted by Gasteiger charge is -2.38. The zero-order valence-corrected chi connectivity index (χ0v) is 11.4. The number of nitrogens with zero attached hydrogens (tertiary/aromatic N) is 1. The molecule has 1 saturated heterocycles. The number of nitrogens with two attached hydrogens (primary N) is 1. The highest BCUT2D eigenvalue weighted by molar-refractivity contribution is 5.75. The van der Waals surface area contributed by atoms with Crippen molar-refractivity contribution in [3.05, 3.63) is 0 Å². The van der Waals surface area contributed by atoms with Crippen LogP contribution >= 0.6 is 0 Å². The van der Waals surface area contributed by atoms with Gasteiger partial charge in [-0.1, -0.05) is 13.8 Å². The van der Waals surface area contributed by atoms with Crippen molar-refractivity contribution in [1.29, 1.82) is 0 Å². The molecule has 0 amide bonds. The van der Waals surface area contributed by atoms with E-state index >= 15 is 0 Å². The second kappa shape index (κ2) is 6.36. The average molecular weight is 242 g/mol. The second-order valence-corrected chi connectivity index (χ2v) is 5.69. The summed E-state index contributed by atoms with van der Waals surface area (Å²) in [6, 6.07) is -0.472. The number of rotatable bonds is 5. The fourth-order valence-corrected chi connectivity index (χ4v) is 2.42. The normalized spacial score (nSPS) is 22.1. The van der Waals surface area contributed by atoms with E-state index < -0.39 is 6.04 Å². The van der Waals surface area contributed by atoms with Crippen LogP contribution < -0.4 is 5.73 Å². The van der Waals surface area contributed by atoms with Gasteiger partial charge >= 0.3 is 5.97 Å². The molecule has 1 heterocycles. The van der Waals surface area contributed by atoms with Crippen molar-refractivity contribution in [2.24, 2.45) is 11.1 Å². The van der Waals surface area contributed by atoms with Gasteiger partial charge in [0.05, 0.1) is 6.61 Å². The lowest BCUT2D eigenvalue weighted by atomic mass is 9.84. The molecular formula is C13H26N2O2. The van der Waals surface area contributed by atoms with Crippen LogP contribution in [0.15, 0.2) is 0 Å². The zero-order chi connectivity index (χ0) is 12.9. The Hall–Kier alpha value is -0.610. The molecule has 17 heavy (non-hydrogen) atoms. The number of carbonyl (C=O) groups excluding carboxylic acids is 1. The minimum atomic E-state index is -0.472. The average Bonchev–Trinajstić information content (AvgIpc) is 2.25. The number of likely N-dealkylation sites (tertiary alicyclic amines) is 1. The summed E-state index contributed by atoms with van der Waals surface area (Å²) in [6.45, 7) is 9.92. The van der Waals surface area contributed by atoms with E-state index in [1.807, 2.05) is 0 Å². The largest absolute Gasteiger partial charge is 0.465 e. The van der Waals surface area contributed by atoms with Crippen molar-refractivity contribution in [2.45, 2.75) is 46.1 Å². The third-order valence-corrected chi connectivity index (χ3v) is 3.33. The summed E-state index contributed by atoms with van der Waals surface area (Å²) in [5, 5.41) is 0. The number of esters is 1. The Balaban J connectivity index is 2.28. The van der Waals surface area contributed by atoms with Crippen molar-refractivity contribution in [2.75, 3.05) is 26.2 Å². The number of ether oxygens (including phenoxy) is 1. The van der Waals surface area contributed by atoms with Crippen LogP contribution in [-0.4, -0.2) is 43.2 Å². The number of carbonyl (C=O) groups is 1. The summed E-state index contributed by atoms with van der Waals surface area (Å²) in [6.07, 6.45) is 3.21. The maximum Gasteiger partial charge on any atom is 0.322 e. The third kappa shape index (κ3) is 5.04. The number of hydrogen-bond acceptors (Lipinski definition) is 4. The van der Waals surface area contributed by atoms with Gasteiger partial charge in [-0.3, -0.25) is 4.79 Å². The molecule has 4 heteroatoms. The molecule has 0 aromatic heterocycles. The molecule has 1 fully saturated rings. The van der Waals surface area contributed by atoms with Gasteiger partial charge in [-0.05, 0) is 38.1 Å². The fraction of sp³-hybridized carbons (Fsp3) is 0.923. The summed E-state index contributed by atoms with van der Waals surface area (Å²) in [4.78, 5) is 13.8. The Labute approximate surface area is 104 Å². The van der Waals surface area contributed by atoms with Gasteiger partial charge in [-0.25, -0.2) is 0 Å². The van der Waals surface area contributed by atoms with Crippen LogP contribution in [-0.2, 0) is 9.53 Å². The summed E-state index contributed by atoms with van der Waals surface area (Å²) < 4.78 is 4.90. The Morgan fingerprint density at radius 1 is 1.53 bits per heavy atom. The molecule has 4 nitrogen and oxygen atoms in total. The molecule has 1 aliphatic heterocycles. The molecular weight excluding hydrogens is 216 g/mol. The molecule has 0 spiro atoms. The zero-order valence-electron chi connectivity index (χ0n) is 11.4. The highest BCUT2D eigenvalue weighted by Gasteiger charge is 2.26. The smallest absolute Gasteiger partial charge is 0.322 e. The van der Waals surface area contributed by atoms with Gasteiger partial charge in [0.2, 0.25) is 0 Å². The first kappa shape index (κ1) is 14.5. The van der Waals surface area contributed by atoms with Gasteiger partial charge < -0.3 is 15.4 Å². The van der Waals surface area contributed by atoms with Crippen molar-refractivity contribution >= 4 is 5.97 Å². The summed E-state index contributed by atoms with van der Waals surface area (Å²) >= 11 is 0. The van der Waals surface area contributed by atoms with E-state index in [9.17, 15) is 4.79 Å². The van der Waals surface area contributed by atoms with Crippen LogP contribution in [0.4, 0.5) is 0 Å². The topological polar surface area (TPSA) is 55.6 Å². The SMILES string of the molecule is CCOC(=O)C(N)CCN1CCCC(C)(C)C1. The quantitative estimate of drug-likeness (QED) is 0.740. The predicted octanol–water partition coefficient (Wildman–Crippen LogP) is 1.39. The highest BCUT2D eigenvalue weighted by Crippen LogP contribution is 2.28. The van der Waals surface area contributed by atoms with Crippen LogP contribution in [0.25, 0.3) is 0 Å². The maximum absolute atomic E-state index is 11.4. The van der Waals surface area contributed by atoms with E-state index in [4.69, 9.17) is 10.5 Å². The Kier molecular flexibility index (Phi) is 5.40. The summed E-state index contributed by atoms with van der Waals surface area (Å²) in [5.74, 6) is -0.274. The monoisotopic (exact) mass is 242 g/mol. The van der Waals surface area contributed by atoms with Gasteiger partial charge in [-0.2, -0.15) is 0 Å². The first-order valence-corrected chi connectivity index (χ1v) is 6.59. The molecule has 0 aromatic carbocycles. The van der Waals surface area contributed by atoms with Gasteiger partial charge in [0, 0.05) is 13.1 Å². The summed E-state index contributed by atoms with van der Waals surface area (Å²) in [5.41, 5.74) is 6.18. The van der Waals surface area contributed by atoms with Crippen LogP contribution in [0, 0.1) is 5.41 Å². The highest BCUT2D eigenvalue weighted by atomic mass is 16.5. The molecule has 0 aliphatic carbocycles. The molecule has 0 saturated carbocycles. The van der Waals surface area contributed by atoms with E-state index in [0.29, 0.717) is 18.4 Å². The Morgan fingerprint density at radius 2 is 2.24 bits per heavy atom.